The lowest BCUT2D eigenvalue weighted by Gasteiger charge is -2.31. The minimum atomic E-state index is -0.685. The summed E-state index contributed by atoms with van der Waals surface area (Å²) in [6, 6.07) is 15.0. The van der Waals surface area contributed by atoms with Crippen molar-refractivity contribution in [3.63, 3.8) is 0 Å². The second kappa shape index (κ2) is 10.3. The fraction of sp³-hybridized carbons (Fsp3) is 0.407. The van der Waals surface area contributed by atoms with Gasteiger partial charge in [-0.1, -0.05) is 59.6 Å². The third-order valence-electron chi connectivity index (χ3n) is 7.44. The van der Waals surface area contributed by atoms with Crippen molar-refractivity contribution in [3.8, 4) is 0 Å². The van der Waals surface area contributed by atoms with Crippen molar-refractivity contribution >= 4 is 46.8 Å². The Labute approximate surface area is 221 Å². The van der Waals surface area contributed by atoms with Crippen LogP contribution in [0.1, 0.15) is 24.0 Å². The number of likely N-dealkylation sites (N-methyl/N-ethyl adjacent to an activating group) is 2. The maximum atomic E-state index is 13.3. The summed E-state index contributed by atoms with van der Waals surface area (Å²) in [6.45, 7) is 2.84. The average molecular weight is 527 g/mol. The molecule has 0 bridgehead atoms. The molecule has 2 saturated heterocycles. The minimum Gasteiger partial charge on any atom is -0.292 e. The number of fused-ring (bicyclic) bond motifs is 1. The zero-order valence-corrected chi connectivity index (χ0v) is 22.0. The van der Waals surface area contributed by atoms with Gasteiger partial charge in [-0.15, -0.1) is 0 Å². The zero-order valence-electron chi connectivity index (χ0n) is 20.5. The van der Waals surface area contributed by atoms with Crippen LogP contribution >= 0.6 is 23.2 Å². The predicted molar refractivity (Wildman–Crippen MR) is 142 cm³/mol. The van der Waals surface area contributed by atoms with E-state index in [4.69, 9.17) is 28.2 Å². The van der Waals surface area contributed by atoms with Gasteiger partial charge < -0.3 is 0 Å². The Morgan fingerprint density at radius 2 is 1.61 bits per heavy atom. The van der Waals surface area contributed by atoms with E-state index in [1.54, 1.807) is 25.2 Å². The number of carbonyl (C=O) groups is 2. The molecular weight excluding hydrogens is 497 g/mol. The van der Waals surface area contributed by atoms with Gasteiger partial charge in [-0.3, -0.25) is 19.5 Å². The van der Waals surface area contributed by atoms with Crippen LogP contribution in [0.3, 0.4) is 0 Å². The smallest absolute Gasteiger partial charge is 0.292 e. The molecule has 0 N–H and O–H groups in total. The van der Waals surface area contributed by atoms with Gasteiger partial charge in [0.1, 0.15) is 13.1 Å². The summed E-state index contributed by atoms with van der Waals surface area (Å²) in [7, 11) is 3.17. The largest absolute Gasteiger partial charge is 0.333 e. The maximum Gasteiger partial charge on any atom is 0.333 e. The molecule has 3 heterocycles. The molecule has 7 nitrogen and oxygen atoms in total. The first-order valence-corrected chi connectivity index (χ1v) is 13.0. The number of benzene rings is 2. The Morgan fingerprint density at radius 3 is 2.28 bits per heavy atom. The van der Waals surface area contributed by atoms with E-state index in [0.29, 0.717) is 34.9 Å². The van der Waals surface area contributed by atoms with Crippen molar-refractivity contribution in [2.45, 2.75) is 31.8 Å². The Bertz CT molecular complexity index is 1220. The Balaban J connectivity index is 1.38. The van der Waals surface area contributed by atoms with Gasteiger partial charge in [0.25, 0.3) is 17.8 Å². The van der Waals surface area contributed by atoms with Crippen LogP contribution in [0.15, 0.2) is 53.5 Å². The highest BCUT2D eigenvalue weighted by Crippen LogP contribution is 2.29. The number of amidine groups is 2. The highest BCUT2D eigenvalue weighted by Gasteiger charge is 2.53. The molecule has 36 heavy (non-hydrogen) atoms. The molecule has 9 heteroatoms. The van der Waals surface area contributed by atoms with Gasteiger partial charge in [0.05, 0.1) is 0 Å². The number of nitrogens with zero attached hydrogens (tertiary/aromatic N) is 5. The molecule has 2 fully saturated rings. The van der Waals surface area contributed by atoms with E-state index < -0.39 is 6.04 Å². The molecular formula is C27H30Cl2N5O2+. The number of piperidine rings is 1. The highest BCUT2D eigenvalue weighted by molar-refractivity contribution is 6.36. The molecule has 0 radical (unpaired) electrons. The van der Waals surface area contributed by atoms with Crippen molar-refractivity contribution in [3.05, 3.63) is 69.7 Å². The van der Waals surface area contributed by atoms with Crippen LogP contribution in [0.2, 0.25) is 10.0 Å². The van der Waals surface area contributed by atoms with Crippen molar-refractivity contribution in [1.29, 1.82) is 0 Å². The van der Waals surface area contributed by atoms with Gasteiger partial charge in [-0.2, -0.15) is 0 Å². The second-order valence-electron chi connectivity index (χ2n) is 9.76. The van der Waals surface area contributed by atoms with E-state index >= 15 is 0 Å². The van der Waals surface area contributed by atoms with E-state index in [1.165, 1.54) is 17.5 Å². The summed E-state index contributed by atoms with van der Waals surface area (Å²) in [5.41, 5.74) is 2.13. The molecule has 3 aliphatic rings. The van der Waals surface area contributed by atoms with Crippen molar-refractivity contribution < 1.29 is 14.2 Å². The number of amides is 3. The van der Waals surface area contributed by atoms with E-state index in [9.17, 15) is 9.59 Å². The number of imide groups is 1. The monoisotopic (exact) mass is 526 g/mol. The topological polar surface area (TPSA) is 59.2 Å². The third-order valence-corrected chi connectivity index (χ3v) is 8.15. The van der Waals surface area contributed by atoms with Crippen LogP contribution < -0.4 is 0 Å². The number of hydrogen-bond acceptors (Lipinski definition) is 4. The zero-order chi connectivity index (χ0) is 25.4. The summed E-state index contributed by atoms with van der Waals surface area (Å²) in [4.78, 5) is 35.7. The molecule has 0 aromatic heterocycles. The number of rotatable bonds is 6. The van der Waals surface area contributed by atoms with Crippen LogP contribution in [0, 0.1) is 5.92 Å². The van der Waals surface area contributed by atoms with Crippen molar-refractivity contribution in [2.75, 3.05) is 33.7 Å². The molecule has 3 amide bonds. The summed E-state index contributed by atoms with van der Waals surface area (Å²) in [5.74, 6) is 1.58. The number of hydrogen-bond donors (Lipinski definition) is 0. The molecule has 2 aromatic carbocycles. The number of halogens is 2. The Hall–Kier alpha value is -2.74. The predicted octanol–water partition coefficient (Wildman–Crippen LogP) is 4.16. The fourth-order valence-corrected chi connectivity index (χ4v) is 5.82. The van der Waals surface area contributed by atoms with Gasteiger partial charge in [-0.25, -0.2) is 9.37 Å². The van der Waals surface area contributed by atoms with Crippen LogP contribution in [0.4, 0.5) is 4.79 Å². The number of urea groups is 1. The Kier molecular flexibility index (Phi) is 7.15. The lowest BCUT2D eigenvalue weighted by molar-refractivity contribution is -0.552. The van der Waals surface area contributed by atoms with Crippen LogP contribution in [0.5, 0.6) is 0 Å². The standard InChI is InChI=1S/C27H30Cl2N5O2/c1-31-25-24(26(35)32(2)27(31)36)34(16-20-21(28)9-6-10-22(20)29)23(30-25)17-33-13-11-19(12-14-33)15-18-7-4-3-5-8-18/h3-10,19,24H,11-17H2,1-2H3/q+1. The van der Waals surface area contributed by atoms with E-state index in [-0.39, 0.29) is 11.9 Å². The van der Waals surface area contributed by atoms with Gasteiger partial charge in [0, 0.05) is 29.7 Å². The lowest BCUT2D eigenvalue weighted by atomic mass is 9.90. The maximum absolute atomic E-state index is 13.3. The van der Waals surface area contributed by atoms with Crippen LogP contribution in [0.25, 0.3) is 0 Å². The molecule has 0 saturated carbocycles. The van der Waals surface area contributed by atoms with Crippen molar-refractivity contribution in [1.82, 2.24) is 14.7 Å². The quantitative estimate of drug-likeness (QED) is 0.531. The Morgan fingerprint density at radius 1 is 0.944 bits per heavy atom. The molecule has 5 rings (SSSR count). The molecule has 3 aliphatic heterocycles. The average Bonchev–Trinajstić information content (AvgIpc) is 3.23. The lowest BCUT2D eigenvalue weighted by Crippen LogP contribution is -2.61. The molecule has 188 valence electrons. The summed E-state index contributed by atoms with van der Waals surface area (Å²) >= 11 is 13.0. The van der Waals surface area contributed by atoms with Gasteiger partial charge in [0.2, 0.25) is 0 Å². The first-order valence-electron chi connectivity index (χ1n) is 12.3. The third kappa shape index (κ3) is 4.80. The number of aliphatic imine (C=N–C) groups is 1. The normalized spacial score (nSPS) is 21.3. The molecule has 2 aromatic rings. The highest BCUT2D eigenvalue weighted by atomic mass is 35.5. The molecule has 1 unspecified atom stereocenters. The number of carbonyl (C=O) groups excluding carboxylic acids is 2. The van der Waals surface area contributed by atoms with Crippen LogP contribution in [-0.2, 0) is 17.8 Å². The SMILES string of the molecule is CN1C(=O)C2C(=NC(CN3CCC(Cc4ccccc4)CC3)=[N+]2Cc2c(Cl)cccc2Cl)N(C)C1=O. The summed E-state index contributed by atoms with van der Waals surface area (Å²) in [5, 5.41) is 1.08. The minimum absolute atomic E-state index is 0.295. The molecule has 1 atom stereocenters. The number of likely N-dealkylation sites (tertiary alicyclic amines) is 1. The van der Waals surface area contributed by atoms with E-state index in [0.717, 1.165) is 48.7 Å². The van der Waals surface area contributed by atoms with Gasteiger partial charge >= 0.3 is 11.9 Å². The second-order valence-corrected chi connectivity index (χ2v) is 10.6. The fourth-order valence-electron chi connectivity index (χ4n) is 5.31. The summed E-state index contributed by atoms with van der Waals surface area (Å²) in [6.07, 6.45) is 3.32. The summed E-state index contributed by atoms with van der Waals surface area (Å²) < 4.78 is 1.96. The van der Waals surface area contributed by atoms with Crippen molar-refractivity contribution in [2.24, 2.45) is 10.9 Å². The molecule has 0 spiro atoms. The van der Waals surface area contributed by atoms with Gasteiger partial charge in [-0.05, 0) is 61.0 Å². The van der Waals surface area contributed by atoms with Gasteiger partial charge in [0.15, 0.2) is 0 Å². The molecule has 0 aliphatic carbocycles. The first kappa shape index (κ1) is 24.9. The van der Waals surface area contributed by atoms with Crippen LogP contribution in [-0.4, -0.2) is 82.7 Å². The van der Waals surface area contributed by atoms with E-state index in [2.05, 4.69) is 35.2 Å². The van der Waals surface area contributed by atoms with E-state index in [1.807, 2.05) is 4.58 Å². The first-order chi connectivity index (χ1) is 17.3.